The van der Waals surface area contributed by atoms with Crippen LogP contribution in [-0.4, -0.2) is 36.3 Å². The molecule has 0 aliphatic heterocycles. The van der Waals surface area contributed by atoms with Crippen molar-refractivity contribution in [1.29, 1.82) is 5.26 Å². The Morgan fingerprint density at radius 2 is 1.94 bits per heavy atom. The van der Waals surface area contributed by atoms with Crippen LogP contribution in [0.4, 0.5) is 5.69 Å². The standard InChI is InChI=1S/C22H24N4O4S/c1-3-30-22(27)12-13-31(28,29)25-18-9-10-20-19(14-18)24-21(26(20)2)11-8-16-4-6-17(15-23)7-5-16/h4-7,9-10,14,25H,3,8,11-13H2,1-2H3. The zero-order chi connectivity index (χ0) is 22.4. The molecule has 0 aliphatic rings. The Labute approximate surface area is 181 Å². The molecule has 9 heteroatoms. The van der Waals surface area contributed by atoms with E-state index in [4.69, 9.17) is 10.00 Å². The Morgan fingerprint density at radius 1 is 1.19 bits per heavy atom. The fourth-order valence-corrected chi connectivity index (χ4v) is 4.24. The van der Waals surface area contributed by atoms with Crippen LogP contribution in [0.1, 0.15) is 30.3 Å². The highest BCUT2D eigenvalue weighted by Gasteiger charge is 2.15. The van der Waals surface area contributed by atoms with Crippen molar-refractivity contribution in [2.24, 2.45) is 7.05 Å². The molecular weight excluding hydrogens is 416 g/mol. The van der Waals surface area contributed by atoms with Crippen molar-refractivity contribution < 1.29 is 17.9 Å². The summed E-state index contributed by atoms with van der Waals surface area (Å²) in [5, 5.41) is 8.90. The summed E-state index contributed by atoms with van der Waals surface area (Å²) >= 11 is 0. The summed E-state index contributed by atoms with van der Waals surface area (Å²) in [7, 11) is -1.76. The molecule has 0 fully saturated rings. The first-order chi connectivity index (χ1) is 14.8. The van der Waals surface area contributed by atoms with Gasteiger partial charge in [0, 0.05) is 13.5 Å². The van der Waals surface area contributed by atoms with Gasteiger partial charge in [0.25, 0.3) is 0 Å². The van der Waals surface area contributed by atoms with Crippen molar-refractivity contribution in [2.45, 2.75) is 26.2 Å². The zero-order valence-electron chi connectivity index (χ0n) is 17.5. The highest BCUT2D eigenvalue weighted by molar-refractivity contribution is 7.92. The molecular formula is C22H24N4O4S. The van der Waals surface area contributed by atoms with E-state index in [9.17, 15) is 13.2 Å². The van der Waals surface area contributed by atoms with Gasteiger partial charge in [0.2, 0.25) is 10.0 Å². The van der Waals surface area contributed by atoms with Gasteiger partial charge in [-0.3, -0.25) is 9.52 Å². The number of nitrogens with one attached hydrogen (secondary N) is 1. The van der Waals surface area contributed by atoms with Gasteiger partial charge in [0.05, 0.1) is 47.1 Å². The number of imidazole rings is 1. The van der Waals surface area contributed by atoms with Crippen LogP contribution in [0.3, 0.4) is 0 Å². The smallest absolute Gasteiger partial charge is 0.306 e. The van der Waals surface area contributed by atoms with Gasteiger partial charge >= 0.3 is 5.97 Å². The average Bonchev–Trinajstić information content (AvgIpc) is 3.06. The van der Waals surface area contributed by atoms with Crippen molar-refractivity contribution >= 4 is 32.7 Å². The normalized spacial score (nSPS) is 11.3. The second-order valence-electron chi connectivity index (χ2n) is 7.08. The number of sulfonamides is 1. The summed E-state index contributed by atoms with van der Waals surface area (Å²) in [6, 6.07) is 14.7. The number of nitriles is 1. The van der Waals surface area contributed by atoms with E-state index in [1.54, 1.807) is 31.2 Å². The van der Waals surface area contributed by atoms with Gasteiger partial charge in [-0.1, -0.05) is 12.1 Å². The molecule has 0 atom stereocenters. The van der Waals surface area contributed by atoms with Gasteiger partial charge < -0.3 is 9.30 Å². The number of aryl methyl sites for hydroxylation is 3. The van der Waals surface area contributed by atoms with Crippen LogP contribution in [0.2, 0.25) is 0 Å². The predicted octanol–water partition coefficient (Wildman–Crippen LogP) is 2.93. The molecule has 1 aromatic heterocycles. The second kappa shape index (κ2) is 9.62. The maximum atomic E-state index is 12.3. The maximum Gasteiger partial charge on any atom is 0.306 e. The molecule has 3 aromatic rings. The summed E-state index contributed by atoms with van der Waals surface area (Å²) < 4.78 is 33.8. The largest absolute Gasteiger partial charge is 0.466 e. The lowest BCUT2D eigenvalue weighted by Crippen LogP contribution is -2.19. The van der Waals surface area contributed by atoms with E-state index < -0.39 is 16.0 Å². The molecule has 0 saturated carbocycles. The van der Waals surface area contributed by atoms with E-state index in [2.05, 4.69) is 15.8 Å². The molecule has 0 spiro atoms. The van der Waals surface area contributed by atoms with Crippen molar-refractivity contribution in [1.82, 2.24) is 9.55 Å². The SMILES string of the molecule is CCOC(=O)CCS(=O)(=O)Nc1ccc2c(c1)nc(CCc1ccc(C#N)cc1)n2C. The number of nitrogens with zero attached hydrogens (tertiary/aromatic N) is 3. The van der Waals surface area contributed by atoms with Crippen molar-refractivity contribution in [3.8, 4) is 6.07 Å². The number of fused-ring (bicyclic) bond motifs is 1. The molecule has 31 heavy (non-hydrogen) atoms. The molecule has 162 valence electrons. The topological polar surface area (TPSA) is 114 Å². The first-order valence-electron chi connectivity index (χ1n) is 9.92. The Morgan fingerprint density at radius 3 is 2.61 bits per heavy atom. The third kappa shape index (κ3) is 5.83. The summed E-state index contributed by atoms with van der Waals surface area (Å²) in [6.07, 6.45) is 1.28. The molecule has 0 amide bonds. The number of esters is 1. The average molecular weight is 441 g/mol. The number of carbonyl (C=O) groups is 1. The molecule has 1 N–H and O–H groups in total. The number of anilines is 1. The van der Waals surface area contributed by atoms with Crippen LogP contribution in [0, 0.1) is 11.3 Å². The number of aromatic nitrogens is 2. The lowest BCUT2D eigenvalue weighted by atomic mass is 10.1. The summed E-state index contributed by atoms with van der Waals surface area (Å²) in [5.41, 5.74) is 3.71. The van der Waals surface area contributed by atoms with E-state index in [-0.39, 0.29) is 18.8 Å². The maximum absolute atomic E-state index is 12.3. The lowest BCUT2D eigenvalue weighted by Gasteiger charge is -2.08. The molecule has 3 rings (SSSR count). The molecule has 2 aromatic carbocycles. The third-order valence-electron chi connectivity index (χ3n) is 4.85. The van der Waals surface area contributed by atoms with Gasteiger partial charge in [-0.05, 0) is 49.2 Å². The molecule has 0 saturated heterocycles. The van der Waals surface area contributed by atoms with Crippen LogP contribution in [0.15, 0.2) is 42.5 Å². The lowest BCUT2D eigenvalue weighted by molar-refractivity contribution is -0.142. The van der Waals surface area contributed by atoms with Crippen molar-refractivity contribution in [2.75, 3.05) is 17.1 Å². The minimum Gasteiger partial charge on any atom is -0.466 e. The fraction of sp³-hybridized carbons (Fsp3) is 0.318. The molecule has 0 unspecified atom stereocenters. The molecule has 0 aliphatic carbocycles. The third-order valence-corrected chi connectivity index (χ3v) is 6.14. The Hall–Kier alpha value is -3.38. The predicted molar refractivity (Wildman–Crippen MR) is 118 cm³/mol. The number of hydrogen-bond donors (Lipinski definition) is 1. The number of ether oxygens (including phenoxy) is 1. The van der Waals surface area contributed by atoms with Crippen LogP contribution in [-0.2, 0) is 39.4 Å². The van der Waals surface area contributed by atoms with Crippen LogP contribution in [0.5, 0.6) is 0 Å². The van der Waals surface area contributed by atoms with E-state index in [0.717, 1.165) is 23.3 Å². The van der Waals surface area contributed by atoms with E-state index in [1.165, 1.54) is 0 Å². The van der Waals surface area contributed by atoms with Gasteiger partial charge in [0.15, 0.2) is 0 Å². The zero-order valence-corrected chi connectivity index (χ0v) is 18.3. The number of benzene rings is 2. The van der Waals surface area contributed by atoms with Crippen LogP contribution >= 0.6 is 0 Å². The van der Waals surface area contributed by atoms with Crippen molar-refractivity contribution in [3.63, 3.8) is 0 Å². The van der Waals surface area contributed by atoms with Gasteiger partial charge in [-0.15, -0.1) is 0 Å². The van der Waals surface area contributed by atoms with Gasteiger partial charge in [-0.2, -0.15) is 5.26 Å². The molecule has 1 heterocycles. The molecule has 8 nitrogen and oxygen atoms in total. The minimum atomic E-state index is -3.68. The van der Waals surface area contributed by atoms with E-state index >= 15 is 0 Å². The van der Waals surface area contributed by atoms with Crippen molar-refractivity contribution in [3.05, 3.63) is 59.4 Å². The molecule has 0 radical (unpaired) electrons. The number of rotatable bonds is 9. The Bertz CT molecular complexity index is 1220. The number of hydrogen-bond acceptors (Lipinski definition) is 6. The van der Waals surface area contributed by atoms with E-state index in [0.29, 0.717) is 23.2 Å². The molecule has 0 bridgehead atoms. The summed E-state index contributed by atoms with van der Waals surface area (Å²) in [6.45, 7) is 1.89. The highest BCUT2D eigenvalue weighted by atomic mass is 32.2. The fourth-order valence-electron chi connectivity index (χ4n) is 3.22. The summed E-state index contributed by atoms with van der Waals surface area (Å²) in [5.74, 6) is -0.0105. The Kier molecular flexibility index (Phi) is 6.92. The quantitative estimate of drug-likeness (QED) is 0.512. The first-order valence-corrected chi connectivity index (χ1v) is 11.6. The Balaban J connectivity index is 1.69. The van der Waals surface area contributed by atoms with Gasteiger partial charge in [0.1, 0.15) is 5.82 Å². The monoisotopic (exact) mass is 440 g/mol. The minimum absolute atomic E-state index is 0.200. The first kappa shape index (κ1) is 22.3. The van der Waals surface area contributed by atoms with Gasteiger partial charge in [-0.25, -0.2) is 13.4 Å². The van der Waals surface area contributed by atoms with Crippen LogP contribution < -0.4 is 4.72 Å². The second-order valence-corrected chi connectivity index (χ2v) is 8.92. The summed E-state index contributed by atoms with van der Waals surface area (Å²) in [4.78, 5) is 16.1. The highest BCUT2D eigenvalue weighted by Crippen LogP contribution is 2.21. The van der Waals surface area contributed by atoms with Crippen LogP contribution in [0.25, 0.3) is 11.0 Å². The van der Waals surface area contributed by atoms with E-state index in [1.807, 2.05) is 29.8 Å². The number of carbonyl (C=O) groups excluding carboxylic acids is 1.